The standard InChI is InChI=1S/C16H21ClN4O2S2/c1-10-11(2)24-15(18-10)25(22)8-12-7-13(20-14(17)19-12)21-5-6-23-9-16(21,3)4/h7H,5-6,8-9H2,1-4H3. The highest BCUT2D eigenvalue weighted by molar-refractivity contribution is 7.86. The van der Waals surface area contributed by atoms with Gasteiger partial charge in [-0.1, -0.05) is 0 Å². The molecule has 2 aromatic heterocycles. The second kappa shape index (κ2) is 7.26. The number of halogens is 1. The Labute approximate surface area is 159 Å². The highest BCUT2D eigenvalue weighted by Crippen LogP contribution is 2.28. The van der Waals surface area contributed by atoms with Crippen LogP contribution >= 0.6 is 22.9 Å². The smallest absolute Gasteiger partial charge is 0.224 e. The van der Waals surface area contributed by atoms with Gasteiger partial charge in [0.2, 0.25) is 5.28 Å². The molecule has 136 valence electrons. The molecule has 1 aliphatic heterocycles. The Morgan fingerprint density at radius 1 is 1.36 bits per heavy atom. The van der Waals surface area contributed by atoms with E-state index in [2.05, 4.69) is 33.7 Å². The molecule has 0 spiro atoms. The van der Waals surface area contributed by atoms with Gasteiger partial charge in [0.05, 0.1) is 46.7 Å². The van der Waals surface area contributed by atoms with Gasteiger partial charge < -0.3 is 9.64 Å². The van der Waals surface area contributed by atoms with Crippen LogP contribution in [0.4, 0.5) is 5.82 Å². The third-order valence-corrected chi connectivity index (χ3v) is 7.03. The van der Waals surface area contributed by atoms with Gasteiger partial charge in [-0.25, -0.2) is 15.0 Å². The zero-order valence-electron chi connectivity index (χ0n) is 14.7. The number of aryl methyl sites for hydroxylation is 2. The molecule has 25 heavy (non-hydrogen) atoms. The van der Waals surface area contributed by atoms with Crippen LogP contribution < -0.4 is 4.90 Å². The maximum absolute atomic E-state index is 12.6. The Morgan fingerprint density at radius 3 is 2.76 bits per heavy atom. The van der Waals surface area contributed by atoms with Crippen molar-refractivity contribution in [3.05, 3.63) is 27.6 Å². The zero-order valence-corrected chi connectivity index (χ0v) is 17.1. The molecular formula is C16H21ClN4O2S2. The quantitative estimate of drug-likeness (QED) is 0.734. The first-order valence-electron chi connectivity index (χ1n) is 7.97. The molecular weight excluding hydrogens is 380 g/mol. The van der Waals surface area contributed by atoms with Crippen molar-refractivity contribution in [3.8, 4) is 0 Å². The number of nitrogens with zero attached hydrogens (tertiary/aromatic N) is 4. The van der Waals surface area contributed by atoms with Gasteiger partial charge in [-0.3, -0.25) is 4.21 Å². The summed E-state index contributed by atoms with van der Waals surface area (Å²) in [5.41, 5.74) is 1.39. The molecule has 1 fully saturated rings. The molecule has 1 atom stereocenters. The molecule has 1 saturated heterocycles. The van der Waals surface area contributed by atoms with Crippen LogP contribution in [0.3, 0.4) is 0 Å². The summed E-state index contributed by atoms with van der Waals surface area (Å²) < 4.78 is 18.8. The van der Waals surface area contributed by atoms with Crippen LogP contribution in [0.1, 0.15) is 30.1 Å². The SMILES string of the molecule is Cc1nc(S(=O)Cc2cc(N3CCOCC3(C)C)nc(Cl)n2)sc1C. The van der Waals surface area contributed by atoms with Crippen molar-refractivity contribution in [1.82, 2.24) is 15.0 Å². The van der Waals surface area contributed by atoms with Crippen LogP contribution in [0.25, 0.3) is 0 Å². The molecule has 1 aliphatic rings. The topological polar surface area (TPSA) is 68.2 Å². The van der Waals surface area contributed by atoms with E-state index >= 15 is 0 Å². The fraction of sp³-hybridized carbons (Fsp3) is 0.562. The molecule has 0 radical (unpaired) electrons. The number of anilines is 1. The van der Waals surface area contributed by atoms with Crippen LogP contribution in [0.5, 0.6) is 0 Å². The normalized spacial score (nSPS) is 18.4. The van der Waals surface area contributed by atoms with E-state index in [0.717, 1.165) is 22.9 Å². The average molecular weight is 401 g/mol. The molecule has 1 unspecified atom stereocenters. The van der Waals surface area contributed by atoms with Crippen LogP contribution in [0.15, 0.2) is 10.4 Å². The van der Waals surface area contributed by atoms with Gasteiger partial charge in [0.15, 0.2) is 4.34 Å². The second-order valence-corrected chi connectivity index (χ2v) is 9.78. The van der Waals surface area contributed by atoms with E-state index in [1.165, 1.54) is 11.3 Å². The van der Waals surface area contributed by atoms with Crippen molar-refractivity contribution in [2.24, 2.45) is 0 Å². The third-order valence-electron chi connectivity index (χ3n) is 4.14. The van der Waals surface area contributed by atoms with E-state index in [0.29, 0.717) is 23.2 Å². The molecule has 0 amide bonds. The van der Waals surface area contributed by atoms with Crippen LogP contribution in [-0.4, -0.2) is 44.5 Å². The van der Waals surface area contributed by atoms with Gasteiger partial charge in [-0.05, 0) is 39.3 Å². The lowest BCUT2D eigenvalue weighted by Crippen LogP contribution is -2.53. The van der Waals surface area contributed by atoms with Gasteiger partial charge in [-0.15, -0.1) is 11.3 Å². The maximum atomic E-state index is 12.6. The lowest BCUT2D eigenvalue weighted by atomic mass is 10.0. The summed E-state index contributed by atoms with van der Waals surface area (Å²) in [5, 5.41) is 0.165. The number of aromatic nitrogens is 3. The van der Waals surface area contributed by atoms with Crippen molar-refractivity contribution in [1.29, 1.82) is 0 Å². The van der Waals surface area contributed by atoms with E-state index in [9.17, 15) is 4.21 Å². The Bertz CT molecular complexity index is 790. The van der Waals surface area contributed by atoms with Gasteiger partial charge in [-0.2, -0.15) is 0 Å². The Kier molecular flexibility index (Phi) is 5.43. The zero-order chi connectivity index (χ0) is 18.2. The Morgan fingerprint density at radius 2 is 2.12 bits per heavy atom. The Balaban J connectivity index is 1.85. The lowest BCUT2D eigenvalue weighted by molar-refractivity contribution is 0.0639. The fourth-order valence-corrected chi connectivity index (χ4v) is 5.22. The first-order valence-corrected chi connectivity index (χ1v) is 10.5. The Hall–Kier alpha value is -1.09. The van der Waals surface area contributed by atoms with E-state index in [1.54, 1.807) is 0 Å². The maximum Gasteiger partial charge on any atom is 0.224 e. The number of ether oxygens (including phenoxy) is 1. The molecule has 9 heteroatoms. The second-order valence-electron chi connectivity index (χ2n) is 6.61. The van der Waals surface area contributed by atoms with Crippen LogP contribution in [-0.2, 0) is 21.3 Å². The summed E-state index contributed by atoms with van der Waals surface area (Å²) in [5.74, 6) is 1.01. The van der Waals surface area contributed by atoms with E-state index < -0.39 is 10.8 Å². The first-order chi connectivity index (χ1) is 11.8. The predicted molar refractivity (Wildman–Crippen MR) is 101 cm³/mol. The van der Waals surface area contributed by atoms with Gasteiger partial charge >= 0.3 is 0 Å². The summed E-state index contributed by atoms with van der Waals surface area (Å²) >= 11 is 7.59. The minimum absolute atomic E-state index is 0.165. The third kappa shape index (κ3) is 4.19. The van der Waals surface area contributed by atoms with Crippen molar-refractivity contribution in [3.63, 3.8) is 0 Å². The minimum atomic E-state index is -1.25. The molecule has 6 nitrogen and oxygen atoms in total. The van der Waals surface area contributed by atoms with Gasteiger partial charge in [0.1, 0.15) is 5.82 Å². The molecule has 2 aromatic rings. The summed E-state index contributed by atoms with van der Waals surface area (Å²) in [6.45, 7) is 10.1. The molecule has 3 rings (SSSR count). The van der Waals surface area contributed by atoms with Crippen LogP contribution in [0, 0.1) is 13.8 Å². The minimum Gasteiger partial charge on any atom is -0.377 e. The molecule has 0 N–H and O–H groups in total. The summed E-state index contributed by atoms with van der Waals surface area (Å²) in [6.07, 6.45) is 0. The fourth-order valence-electron chi connectivity index (χ4n) is 2.68. The number of hydrogen-bond donors (Lipinski definition) is 0. The highest BCUT2D eigenvalue weighted by Gasteiger charge is 2.32. The molecule has 0 saturated carbocycles. The predicted octanol–water partition coefficient (Wildman–Crippen LogP) is 3.13. The van der Waals surface area contributed by atoms with Gasteiger partial charge in [0.25, 0.3) is 0 Å². The van der Waals surface area contributed by atoms with Crippen molar-refractivity contribution >= 4 is 39.6 Å². The molecule has 3 heterocycles. The largest absolute Gasteiger partial charge is 0.377 e. The molecule has 0 bridgehead atoms. The van der Waals surface area contributed by atoms with Crippen molar-refractivity contribution < 1.29 is 8.95 Å². The lowest BCUT2D eigenvalue weighted by Gasteiger charge is -2.43. The van der Waals surface area contributed by atoms with Crippen molar-refractivity contribution in [2.45, 2.75) is 43.3 Å². The van der Waals surface area contributed by atoms with Gasteiger partial charge in [0, 0.05) is 17.5 Å². The van der Waals surface area contributed by atoms with Crippen molar-refractivity contribution in [2.75, 3.05) is 24.7 Å². The van der Waals surface area contributed by atoms with E-state index in [1.807, 2.05) is 19.9 Å². The van der Waals surface area contributed by atoms with Crippen LogP contribution in [0.2, 0.25) is 5.28 Å². The monoisotopic (exact) mass is 400 g/mol. The number of thiazole rings is 1. The number of hydrogen-bond acceptors (Lipinski definition) is 7. The summed E-state index contributed by atoms with van der Waals surface area (Å²) in [7, 11) is -1.25. The van der Waals surface area contributed by atoms with E-state index in [4.69, 9.17) is 16.3 Å². The highest BCUT2D eigenvalue weighted by atomic mass is 35.5. The number of rotatable bonds is 4. The molecule has 0 aliphatic carbocycles. The average Bonchev–Trinajstić information content (AvgIpc) is 2.86. The van der Waals surface area contributed by atoms with E-state index in [-0.39, 0.29) is 16.6 Å². The summed E-state index contributed by atoms with van der Waals surface area (Å²) in [4.78, 5) is 16.2. The molecule has 0 aromatic carbocycles. The summed E-state index contributed by atoms with van der Waals surface area (Å²) in [6, 6.07) is 1.87. The number of morpholine rings is 1. The first kappa shape index (κ1) is 18.7.